The minimum atomic E-state index is 0.782. The van der Waals surface area contributed by atoms with Gasteiger partial charge in [0.1, 0.15) is 11.5 Å². The first kappa shape index (κ1) is 19.2. The van der Waals surface area contributed by atoms with Crippen molar-refractivity contribution < 1.29 is 4.74 Å². The predicted octanol–water partition coefficient (Wildman–Crippen LogP) is 7.92. The lowest BCUT2D eigenvalue weighted by Crippen LogP contribution is -1.93. The number of fused-ring (bicyclic) bond motifs is 1. The molecular formula is C27H20N2OS. The lowest BCUT2D eigenvalue weighted by molar-refractivity contribution is 0.483. The van der Waals surface area contributed by atoms with Crippen LogP contribution >= 0.6 is 11.8 Å². The summed E-state index contributed by atoms with van der Waals surface area (Å²) in [7, 11) is 0. The van der Waals surface area contributed by atoms with Gasteiger partial charge in [-0.05, 0) is 72.8 Å². The number of pyridine rings is 1. The molecular weight excluding hydrogens is 400 g/mol. The number of benzene rings is 4. The normalized spacial score (nSPS) is 10.7. The van der Waals surface area contributed by atoms with Crippen molar-refractivity contribution in [3.8, 4) is 11.5 Å². The van der Waals surface area contributed by atoms with E-state index in [-0.39, 0.29) is 0 Å². The Labute approximate surface area is 185 Å². The van der Waals surface area contributed by atoms with Gasteiger partial charge in [-0.2, -0.15) is 0 Å². The van der Waals surface area contributed by atoms with E-state index in [0.717, 1.165) is 33.8 Å². The van der Waals surface area contributed by atoms with Crippen molar-refractivity contribution in [1.82, 2.24) is 4.98 Å². The molecule has 0 aliphatic heterocycles. The molecule has 0 unspecified atom stereocenters. The minimum Gasteiger partial charge on any atom is -0.457 e. The molecule has 3 nitrogen and oxygen atoms in total. The molecule has 150 valence electrons. The number of hydrogen-bond acceptors (Lipinski definition) is 4. The van der Waals surface area contributed by atoms with E-state index < -0.39 is 0 Å². The molecule has 0 atom stereocenters. The Bertz CT molecular complexity index is 1290. The van der Waals surface area contributed by atoms with Crippen LogP contribution in [0.15, 0.2) is 125 Å². The molecule has 31 heavy (non-hydrogen) atoms. The zero-order valence-corrected chi connectivity index (χ0v) is 17.5. The van der Waals surface area contributed by atoms with E-state index in [9.17, 15) is 0 Å². The standard InChI is InChI=1S/C27H20N2OS/c1-3-7-21(8-4-1)30-22-13-16-26-25(19-22)27(17-18-28-26)29-20-11-14-24(15-12-20)31-23-9-5-2-6-10-23/h1-19H,(H,28,29). The van der Waals surface area contributed by atoms with Gasteiger partial charge in [-0.3, -0.25) is 4.98 Å². The molecule has 0 saturated carbocycles. The van der Waals surface area contributed by atoms with Crippen LogP contribution in [0.2, 0.25) is 0 Å². The molecule has 1 aromatic heterocycles. The van der Waals surface area contributed by atoms with E-state index in [4.69, 9.17) is 4.74 Å². The molecule has 0 amide bonds. The van der Waals surface area contributed by atoms with Gasteiger partial charge >= 0.3 is 0 Å². The van der Waals surface area contributed by atoms with Gasteiger partial charge in [0.25, 0.3) is 0 Å². The van der Waals surface area contributed by atoms with Crippen molar-refractivity contribution in [3.63, 3.8) is 0 Å². The smallest absolute Gasteiger partial charge is 0.128 e. The number of nitrogens with zero attached hydrogens (tertiary/aromatic N) is 1. The molecule has 1 heterocycles. The molecule has 1 N–H and O–H groups in total. The Morgan fingerprint density at radius 1 is 0.645 bits per heavy atom. The summed E-state index contributed by atoms with van der Waals surface area (Å²) in [5.74, 6) is 1.59. The van der Waals surface area contributed by atoms with Crippen molar-refractivity contribution in [1.29, 1.82) is 0 Å². The van der Waals surface area contributed by atoms with Crippen molar-refractivity contribution >= 4 is 34.0 Å². The fraction of sp³-hybridized carbons (Fsp3) is 0. The van der Waals surface area contributed by atoms with Crippen LogP contribution in [0.5, 0.6) is 11.5 Å². The third-order valence-corrected chi connectivity index (χ3v) is 5.82. The Kier molecular flexibility index (Phi) is 5.54. The maximum absolute atomic E-state index is 6.01. The average Bonchev–Trinajstić information content (AvgIpc) is 2.82. The van der Waals surface area contributed by atoms with Gasteiger partial charge < -0.3 is 10.1 Å². The van der Waals surface area contributed by atoms with Gasteiger partial charge in [0, 0.05) is 32.7 Å². The maximum Gasteiger partial charge on any atom is 0.128 e. The highest BCUT2D eigenvalue weighted by Crippen LogP contribution is 2.32. The molecule has 0 spiro atoms. The molecule has 0 fully saturated rings. The van der Waals surface area contributed by atoms with Crippen LogP contribution in [-0.4, -0.2) is 4.98 Å². The van der Waals surface area contributed by atoms with E-state index in [1.165, 1.54) is 9.79 Å². The molecule has 0 radical (unpaired) electrons. The van der Waals surface area contributed by atoms with Crippen molar-refractivity contribution in [2.24, 2.45) is 0 Å². The first-order chi connectivity index (χ1) is 15.3. The fourth-order valence-corrected chi connectivity index (χ4v) is 4.15. The molecule has 4 heteroatoms. The third-order valence-electron chi connectivity index (χ3n) is 4.80. The summed E-state index contributed by atoms with van der Waals surface area (Å²) in [6, 6.07) is 36.6. The molecule has 0 bridgehead atoms. The van der Waals surface area contributed by atoms with E-state index in [1.807, 2.05) is 66.9 Å². The second-order valence-electron chi connectivity index (χ2n) is 7.02. The van der Waals surface area contributed by atoms with Crippen LogP contribution in [0.4, 0.5) is 11.4 Å². The number of nitrogens with one attached hydrogen (secondary N) is 1. The summed E-state index contributed by atoms with van der Waals surface area (Å²) >= 11 is 1.75. The Hall–Kier alpha value is -3.76. The second kappa shape index (κ2) is 8.94. The minimum absolute atomic E-state index is 0.782. The van der Waals surface area contributed by atoms with Crippen molar-refractivity contribution in [3.05, 3.63) is 115 Å². The highest BCUT2D eigenvalue weighted by Gasteiger charge is 2.06. The van der Waals surface area contributed by atoms with Crippen molar-refractivity contribution in [2.45, 2.75) is 9.79 Å². The van der Waals surface area contributed by atoms with Crippen LogP contribution in [0.1, 0.15) is 0 Å². The zero-order valence-electron chi connectivity index (χ0n) is 16.7. The van der Waals surface area contributed by atoms with Gasteiger partial charge in [0.2, 0.25) is 0 Å². The van der Waals surface area contributed by atoms with Gasteiger partial charge in [-0.15, -0.1) is 0 Å². The van der Waals surface area contributed by atoms with Crippen LogP contribution in [-0.2, 0) is 0 Å². The van der Waals surface area contributed by atoms with E-state index >= 15 is 0 Å². The van der Waals surface area contributed by atoms with Gasteiger partial charge in [0.15, 0.2) is 0 Å². The molecule has 5 aromatic rings. The molecule has 5 rings (SSSR count). The van der Waals surface area contributed by atoms with E-state index in [2.05, 4.69) is 58.8 Å². The second-order valence-corrected chi connectivity index (χ2v) is 8.16. The average molecular weight is 421 g/mol. The summed E-state index contributed by atoms with van der Waals surface area (Å²) in [4.78, 5) is 6.93. The molecule has 0 aliphatic carbocycles. The molecule has 0 saturated heterocycles. The maximum atomic E-state index is 6.01. The van der Waals surface area contributed by atoms with Crippen LogP contribution in [0.25, 0.3) is 10.9 Å². The number of para-hydroxylation sites is 1. The number of ether oxygens (including phenoxy) is 1. The zero-order chi connectivity index (χ0) is 20.9. The first-order valence-electron chi connectivity index (χ1n) is 10.1. The van der Waals surface area contributed by atoms with Crippen LogP contribution in [0, 0.1) is 0 Å². The predicted molar refractivity (Wildman–Crippen MR) is 129 cm³/mol. The fourth-order valence-electron chi connectivity index (χ4n) is 3.31. The highest BCUT2D eigenvalue weighted by atomic mass is 32.2. The lowest BCUT2D eigenvalue weighted by atomic mass is 10.1. The van der Waals surface area contributed by atoms with Gasteiger partial charge in [0.05, 0.1) is 5.52 Å². The molecule has 0 aliphatic rings. The third kappa shape index (κ3) is 4.71. The topological polar surface area (TPSA) is 34.1 Å². The summed E-state index contributed by atoms with van der Waals surface area (Å²) in [6.45, 7) is 0. The summed E-state index contributed by atoms with van der Waals surface area (Å²) < 4.78 is 6.01. The van der Waals surface area contributed by atoms with Gasteiger partial charge in [-0.1, -0.05) is 48.2 Å². The summed E-state index contributed by atoms with van der Waals surface area (Å²) in [5, 5.41) is 4.54. The summed E-state index contributed by atoms with van der Waals surface area (Å²) in [5.41, 5.74) is 2.94. The quantitative estimate of drug-likeness (QED) is 0.302. The first-order valence-corrected chi connectivity index (χ1v) is 10.9. The van der Waals surface area contributed by atoms with Crippen LogP contribution < -0.4 is 10.1 Å². The van der Waals surface area contributed by atoms with Gasteiger partial charge in [-0.25, -0.2) is 0 Å². The lowest BCUT2D eigenvalue weighted by Gasteiger charge is -2.12. The monoisotopic (exact) mass is 420 g/mol. The SMILES string of the molecule is c1ccc(Oc2ccc3nccc(Nc4ccc(Sc5ccccc5)cc4)c3c2)cc1. The highest BCUT2D eigenvalue weighted by molar-refractivity contribution is 7.99. The Balaban J connectivity index is 1.37. The summed E-state index contributed by atoms with van der Waals surface area (Å²) in [6.07, 6.45) is 1.82. The number of aromatic nitrogens is 1. The number of anilines is 2. The number of hydrogen-bond donors (Lipinski definition) is 1. The van der Waals surface area contributed by atoms with Crippen LogP contribution in [0.3, 0.4) is 0 Å². The van der Waals surface area contributed by atoms with E-state index in [0.29, 0.717) is 0 Å². The Morgan fingerprint density at radius 2 is 1.35 bits per heavy atom. The van der Waals surface area contributed by atoms with Crippen molar-refractivity contribution in [2.75, 3.05) is 5.32 Å². The largest absolute Gasteiger partial charge is 0.457 e. The number of rotatable bonds is 6. The molecule has 4 aromatic carbocycles. The van der Waals surface area contributed by atoms with E-state index in [1.54, 1.807) is 11.8 Å². The Morgan fingerprint density at radius 3 is 2.13 bits per heavy atom.